The predicted octanol–water partition coefficient (Wildman–Crippen LogP) is 5.60. The minimum atomic E-state index is -4.55. The average Bonchev–Trinajstić information content (AvgIpc) is 2.66. The Morgan fingerprint density at radius 3 is 2.21 bits per heavy atom. The summed E-state index contributed by atoms with van der Waals surface area (Å²) >= 11 is 4.05. The van der Waals surface area contributed by atoms with Crippen LogP contribution < -0.4 is 4.72 Å². The monoisotopic (exact) mass is 427 g/mol. The van der Waals surface area contributed by atoms with E-state index in [1.807, 2.05) is 0 Å². The molecule has 0 amide bonds. The zero-order chi connectivity index (χ0) is 20.5. The molecule has 0 unspecified atom stereocenters. The molecule has 0 spiro atoms. The van der Waals surface area contributed by atoms with Gasteiger partial charge in [-0.25, -0.2) is 12.8 Å². The molecule has 1 N–H and O–H groups in total. The maximum Gasteiger partial charge on any atom is 0.416 e. The van der Waals surface area contributed by atoms with Crippen molar-refractivity contribution in [2.45, 2.75) is 16.0 Å². The third-order valence-electron chi connectivity index (χ3n) is 3.91. The summed E-state index contributed by atoms with van der Waals surface area (Å²) in [5, 5.41) is 0. The van der Waals surface area contributed by atoms with Crippen molar-refractivity contribution in [1.82, 2.24) is 0 Å². The van der Waals surface area contributed by atoms with Crippen LogP contribution in [-0.2, 0) is 16.2 Å². The molecule has 146 valence electrons. The molecule has 3 aromatic rings. The highest BCUT2D eigenvalue weighted by molar-refractivity contribution is 7.92. The first kappa shape index (κ1) is 20.2. The second-order valence-corrected chi connectivity index (χ2v) is 7.95. The van der Waals surface area contributed by atoms with Crippen LogP contribution in [0.3, 0.4) is 0 Å². The molecule has 0 aliphatic heterocycles. The smallest absolute Gasteiger partial charge is 0.277 e. The SMILES string of the molecule is O=S(=O)(Nc1ccc(-c2cccc(C(F)(F)F)c2)c(S)c1F)c1ccccc1. The highest BCUT2D eigenvalue weighted by Crippen LogP contribution is 2.36. The maximum absolute atomic E-state index is 14.7. The molecule has 0 bridgehead atoms. The van der Waals surface area contributed by atoms with E-state index >= 15 is 0 Å². The molecule has 28 heavy (non-hydrogen) atoms. The number of rotatable bonds is 4. The second kappa shape index (κ2) is 7.48. The van der Waals surface area contributed by atoms with Gasteiger partial charge in [0.25, 0.3) is 10.0 Å². The lowest BCUT2D eigenvalue weighted by molar-refractivity contribution is -0.137. The van der Waals surface area contributed by atoms with E-state index in [0.29, 0.717) is 0 Å². The fourth-order valence-corrected chi connectivity index (χ4v) is 3.95. The van der Waals surface area contributed by atoms with Crippen molar-refractivity contribution >= 4 is 28.3 Å². The number of alkyl halides is 3. The number of sulfonamides is 1. The zero-order valence-electron chi connectivity index (χ0n) is 14.0. The molecule has 0 aliphatic carbocycles. The van der Waals surface area contributed by atoms with Gasteiger partial charge in [-0.05, 0) is 41.5 Å². The molecule has 0 aromatic heterocycles. The fourth-order valence-electron chi connectivity index (χ4n) is 2.54. The van der Waals surface area contributed by atoms with Gasteiger partial charge in [0, 0.05) is 4.90 Å². The number of nitrogens with one attached hydrogen (secondary N) is 1. The first-order valence-corrected chi connectivity index (χ1v) is 9.79. The van der Waals surface area contributed by atoms with Gasteiger partial charge in [-0.3, -0.25) is 4.72 Å². The fraction of sp³-hybridized carbons (Fsp3) is 0.0526. The van der Waals surface area contributed by atoms with Crippen molar-refractivity contribution in [3.05, 3.63) is 78.1 Å². The summed E-state index contributed by atoms with van der Waals surface area (Å²) < 4.78 is 80.2. The lowest BCUT2D eigenvalue weighted by atomic mass is 10.0. The third-order valence-corrected chi connectivity index (χ3v) is 5.73. The van der Waals surface area contributed by atoms with Crippen LogP contribution in [0.1, 0.15) is 5.56 Å². The summed E-state index contributed by atoms with van der Waals surface area (Å²) in [7, 11) is -4.03. The van der Waals surface area contributed by atoms with Crippen molar-refractivity contribution in [2.24, 2.45) is 0 Å². The van der Waals surface area contributed by atoms with Gasteiger partial charge in [-0.1, -0.05) is 36.4 Å². The molecule has 0 aliphatic rings. The first-order valence-electron chi connectivity index (χ1n) is 7.86. The number of benzene rings is 3. The number of thiol groups is 1. The van der Waals surface area contributed by atoms with Crippen molar-refractivity contribution in [1.29, 1.82) is 0 Å². The first-order chi connectivity index (χ1) is 13.1. The summed E-state index contributed by atoms with van der Waals surface area (Å²) in [6.07, 6.45) is -4.55. The van der Waals surface area contributed by atoms with E-state index in [-0.39, 0.29) is 26.6 Å². The lowest BCUT2D eigenvalue weighted by Crippen LogP contribution is -2.14. The second-order valence-electron chi connectivity index (χ2n) is 5.82. The van der Waals surface area contributed by atoms with E-state index in [0.717, 1.165) is 18.2 Å². The van der Waals surface area contributed by atoms with E-state index in [4.69, 9.17) is 0 Å². The summed E-state index contributed by atoms with van der Waals surface area (Å²) in [6, 6.07) is 14.2. The standard InChI is InChI=1S/C19H13F4NO2S2/c20-17-16(24-28(25,26)14-7-2-1-3-8-14)10-9-15(18(17)27)12-5-4-6-13(11-12)19(21,22)23/h1-11,24,27H. The van der Waals surface area contributed by atoms with Gasteiger partial charge in [-0.15, -0.1) is 12.6 Å². The Kier molecular flexibility index (Phi) is 5.40. The van der Waals surface area contributed by atoms with Gasteiger partial charge < -0.3 is 0 Å². The molecule has 3 nitrogen and oxygen atoms in total. The van der Waals surface area contributed by atoms with Gasteiger partial charge in [-0.2, -0.15) is 13.2 Å². The third kappa shape index (κ3) is 4.15. The van der Waals surface area contributed by atoms with Gasteiger partial charge in [0.2, 0.25) is 0 Å². The van der Waals surface area contributed by atoms with Gasteiger partial charge in [0.1, 0.15) is 0 Å². The van der Waals surface area contributed by atoms with Crippen molar-refractivity contribution < 1.29 is 26.0 Å². The highest BCUT2D eigenvalue weighted by atomic mass is 32.2. The number of anilines is 1. The molecule has 0 radical (unpaired) electrons. The molecular formula is C19H13F4NO2S2. The zero-order valence-corrected chi connectivity index (χ0v) is 15.7. The normalized spacial score (nSPS) is 12.0. The Bertz CT molecular complexity index is 1110. The van der Waals surface area contributed by atoms with Crippen LogP contribution in [0.2, 0.25) is 0 Å². The van der Waals surface area contributed by atoms with E-state index in [2.05, 4.69) is 17.4 Å². The van der Waals surface area contributed by atoms with Gasteiger partial charge in [0.15, 0.2) is 5.82 Å². The van der Waals surface area contributed by atoms with Crippen LogP contribution in [0.4, 0.5) is 23.2 Å². The molecule has 0 atom stereocenters. The van der Waals surface area contributed by atoms with Crippen molar-refractivity contribution in [3.63, 3.8) is 0 Å². The maximum atomic E-state index is 14.7. The van der Waals surface area contributed by atoms with Gasteiger partial charge in [0.05, 0.1) is 16.1 Å². The van der Waals surface area contributed by atoms with Crippen LogP contribution in [0, 0.1) is 5.82 Å². The molecule has 3 aromatic carbocycles. The highest BCUT2D eigenvalue weighted by Gasteiger charge is 2.30. The Morgan fingerprint density at radius 2 is 1.57 bits per heavy atom. The number of halogens is 4. The molecule has 0 heterocycles. The quantitative estimate of drug-likeness (QED) is 0.421. The van der Waals surface area contributed by atoms with Crippen LogP contribution >= 0.6 is 12.6 Å². The lowest BCUT2D eigenvalue weighted by Gasteiger charge is -2.14. The Balaban J connectivity index is 1.99. The molecular weight excluding hydrogens is 414 g/mol. The van der Waals surface area contributed by atoms with E-state index in [9.17, 15) is 26.0 Å². The molecule has 0 saturated heterocycles. The number of hydrogen-bond donors (Lipinski definition) is 2. The topological polar surface area (TPSA) is 46.2 Å². The summed E-state index contributed by atoms with van der Waals surface area (Å²) in [5.41, 5.74) is -1.03. The predicted molar refractivity (Wildman–Crippen MR) is 101 cm³/mol. The Morgan fingerprint density at radius 1 is 0.893 bits per heavy atom. The van der Waals surface area contributed by atoms with E-state index < -0.39 is 27.6 Å². The van der Waals surface area contributed by atoms with Crippen LogP contribution in [-0.4, -0.2) is 8.42 Å². The molecule has 9 heteroatoms. The van der Waals surface area contributed by atoms with E-state index in [1.54, 1.807) is 6.07 Å². The summed E-state index contributed by atoms with van der Waals surface area (Å²) in [6.45, 7) is 0. The van der Waals surface area contributed by atoms with Crippen LogP contribution in [0.5, 0.6) is 0 Å². The summed E-state index contributed by atoms with van der Waals surface area (Å²) in [5.74, 6) is -0.988. The molecule has 0 fully saturated rings. The van der Waals surface area contributed by atoms with Gasteiger partial charge >= 0.3 is 6.18 Å². The average molecular weight is 427 g/mol. The van der Waals surface area contributed by atoms with E-state index in [1.165, 1.54) is 42.5 Å². The summed E-state index contributed by atoms with van der Waals surface area (Å²) in [4.78, 5) is -0.329. The minimum absolute atomic E-state index is 0.0583. The largest absolute Gasteiger partial charge is 0.416 e. The Labute approximate surface area is 164 Å². The Hall–Kier alpha value is -2.52. The van der Waals surface area contributed by atoms with Crippen molar-refractivity contribution in [3.8, 4) is 11.1 Å². The van der Waals surface area contributed by atoms with Crippen LogP contribution in [0.15, 0.2) is 76.5 Å². The van der Waals surface area contributed by atoms with Crippen LogP contribution in [0.25, 0.3) is 11.1 Å². The van der Waals surface area contributed by atoms with Crippen molar-refractivity contribution in [2.75, 3.05) is 4.72 Å². The molecule has 0 saturated carbocycles. The molecule has 3 rings (SSSR count). The minimum Gasteiger partial charge on any atom is -0.277 e. The number of hydrogen-bond acceptors (Lipinski definition) is 3.